The van der Waals surface area contributed by atoms with Crippen LogP contribution in [0, 0.1) is 0 Å². The third-order valence-corrected chi connectivity index (χ3v) is 2.05. The Morgan fingerprint density at radius 1 is 0.947 bits per heavy atom. The van der Waals surface area contributed by atoms with Crippen molar-refractivity contribution < 1.29 is 24.8 Å². The van der Waals surface area contributed by atoms with Gasteiger partial charge in [-0.15, -0.1) is 0 Å². The van der Waals surface area contributed by atoms with Crippen LogP contribution >= 0.6 is 0 Å². The molecule has 0 radical (unpaired) electrons. The summed E-state index contributed by atoms with van der Waals surface area (Å²) in [6.07, 6.45) is -0.145. The van der Waals surface area contributed by atoms with Gasteiger partial charge in [0, 0.05) is 0 Å². The molecule has 0 spiro atoms. The minimum absolute atomic E-state index is 0.0126. The van der Waals surface area contributed by atoms with Gasteiger partial charge in [-0.2, -0.15) is 0 Å². The summed E-state index contributed by atoms with van der Waals surface area (Å²) in [6, 6.07) is 9.62. The van der Waals surface area contributed by atoms with Gasteiger partial charge < -0.3 is 24.8 Å². The number of rotatable bonds is 7. The van der Waals surface area contributed by atoms with Crippen LogP contribution in [-0.4, -0.2) is 54.0 Å². The second-order valence-electron chi connectivity index (χ2n) is 4.02. The summed E-state index contributed by atoms with van der Waals surface area (Å²) in [5, 5.41) is 24.0. The maximum atomic E-state index is 8.77. The first-order valence-electron chi connectivity index (χ1n) is 6.29. The highest BCUT2D eigenvalue weighted by molar-refractivity contribution is 5.21. The third-order valence-electron chi connectivity index (χ3n) is 2.05. The summed E-state index contributed by atoms with van der Waals surface area (Å²) < 4.78 is 11.0. The fourth-order valence-corrected chi connectivity index (χ4v) is 1.12. The molecule has 1 aromatic carbocycles. The Labute approximate surface area is 114 Å². The van der Waals surface area contributed by atoms with Crippen LogP contribution in [0.3, 0.4) is 0 Å². The first-order valence-corrected chi connectivity index (χ1v) is 6.29. The molecular formula is C14H24O5. The molecule has 19 heavy (non-hydrogen) atoms. The molecule has 0 aliphatic carbocycles. The van der Waals surface area contributed by atoms with E-state index in [1.54, 1.807) is 0 Å². The summed E-state index contributed by atoms with van der Waals surface area (Å²) in [6.45, 7) is 4.04. The van der Waals surface area contributed by atoms with Crippen molar-refractivity contribution in [1.82, 2.24) is 0 Å². The van der Waals surface area contributed by atoms with Crippen LogP contribution in [0.4, 0.5) is 0 Å². The Hall–Kier alpha value is -1.14. The monoisotopic (exact) mass is 272 g/mol. The average molecular weight is 272 g/mol. The molecule has 0 fully saturated rings. The highest BCUT2D eigenvalue weighted by atomic mass is 16.5. The van der Waals surface area contributed by atoms with Crippen LogP contribution in [-0.2, 0) is 4.74 Å². The molecule has 1 aromatic rings. The van der Waals surface area contributed by atoms with E-state index in [4.69, 9.17) is 24.8 Å². The van der Waals surface area contributed by atoms with Crippen LogP contribution in [0.25, 0.3) is 0 Å². The summed E-state index contributed by atoms with van der Waals surface area (Å²) >= 11 is 0. The van der Waals surface area contributed by atoms with E-state index in [9.17, 15) is 0 Å². The molecule has 0 aromatic heterocycles. The first-order chi connectivity index (χ1) is 9.13. The number of hydrogen-bond acceptors (Lipinski definition) is 5. The number of aliphatic hydroxyl groups excluding tert-OH is 3. The lowest BCUT2D eigenvalue weighted by Crippen LogP contribution is -2.24. The maximum Gasteiger partial charge on any atom is 0.119 e. The number of benzene rings is 1. The Morgan fingerprint density at radius 2 is 1.53 bits per heavy atom. The predicted octanol–water partition coefficient (Wildman–Crippen LogP) is 0.822. The highest BCUT2D eigenvalue weighted by Gasteiger charge is 2.06. The molecule has 2 unspecified atom stereocenters. The van der Waals surface area contributed by atoms with Gasteiger partial charge in [0.15, 0.2) is 0 Å². The van der Waals surface area contributed by atoms with Crippen LogP contribution in [0.2, 0.25) is 0 Å². The first kappa shape index (κ1) is 17.9. The van der Waals surface area contributed by atoms with Crippen molar-refractivity contribution in [1.29, 1.82) is 0 Å². The molecule has 0 amide bonds. The van der Waals surface area contributed by atoms with Crippen LogP contribution in [0.1, 0.15) is 13.8 Å². The smallest absolute Gasteiger partial charge is 0.119 e. The molecular weight excluding hydrogens is 248 g/mol. The third kappa shape index (κ3) is 10.5. The van der Waals surface area contributed by atoms with E-state index in [0.717, 1.165) is 5.75 Å². The molecule has 0 aliphatic heterocycles. The van der Waals surface area contributed by atoms with Crippen LogP contribution in [0.15, 0.2) is 30.3 Å². The van der Waals surface area contributed by atoms with Gasteiger partial charge in [-0.25, -0.2) is 0 Å². The largest absolute Gasteiger partial charge is 0.488 e. The van der Waals surface area contributed by atoms with Crippen molar-refractivity contribution in [3.05, 3.63) is 30.3 Å². The van der Waals surface area contributed by atoms with Crippen LogP contribution < -0.4 is 4.74 Å². The molecule has 0 saturated carbocycles. The zero-order chi connectivity index (χ0) is 14.5. The molecule has 5 heteroatoms. The molecule has 0 heterocycles. The maximum absolute atomic E-state index is 8.77. The van der Waals surface area contributed by atoms with Crippen molar-refractivity contribution in [2.24, 2.45) is 0 Å². The molecule has 110 valence electrons. The minimum Gasteiger partial charge on any atom is -0.488 e. The quantitative estimate of drug-likeness (QED) is 0.685. The lowest BCUT2D eigenvalue weighted by atomic mass is 10.3. The molecule has 2 atom stereocenters. The van der Waals surface area contributed by atoms with Gasteiger partial charge >= 0.3 is 0 Å². The second-order valence-corrected chi connectivity index (χ2v) is 4.02. The summed E-state index contributed by atoms with van der Waals surface area (Å²) in [5.74, 6) is 0.838. The van der Waals surface area contributed by atoms with Gasteiger partial charge in [-0.3, -0.25) is 0 Å². The molecule has 1 rings (SSSR count). The fourth-order valence-electron chi connectivity index (χ4n) is 1.12. The van der Waals surface area contributed by atoms with E-state index in [-0.39, 0.29) is 32.0 Å². The Balaban J connectivity index is 0.000000711. The minimum atomic E-state index is -0.133. The lowest BCUT2D eigenvalue weighted by Gasteiger charge is -2.17. The van der Waals surface area contributed by atoms with E-state index in [1.807, 2.05) is 44.2 Å². The molecule has 0 saturated heterocycles. The van der Waals surface area contributed by atoms with E-state index in [2.05, 4.69) is 0 Å². The fraction of sp³-hybridized carbons (Fsp3) is 0.571. The summed E-state index contributed by atoms with van der Waals surface area (Å²) in [7, 11) is 0. The van der Waals surface area contributed by atoms with Crippen molar-refractivity contribution in [2.45, 2.75) is 26.1 Å². The van der Waals surface area contributed by atoms with Crippen molar-refractivity contribution in [3.8, 4) is 5.75 Å². The molecule has 5 nitrogen and oxygen atoms in total. The standard InChI is InChI=1S/C12H18O3.C2H6O2/c1-10(8-13)14-9-11(2)15-12-6-4-3-5-7-12;3-1-2-4/h3-7,10-11,13H,8-9H2,1-2H3;3-4H,1-2H2. The van der Waals surface area contributed by atoms with Gasteiger partial charge in [0.1, 0.15) is 11.9 Å². The number of aliphatic hydroxyl groups is 3. The number of hydrogen-bond donors (Lipinski definition) is 3. The second kappa shape index (κ2) is 11.9. The predicted molar refractivity (Wildman–Crippen MR) is 73.2 cm³/mol. The molecule has 0 aliphatic rings. The van der Waals surface area contributed by atoms with Crippen molar-refractivity contribution >= 4 is 0 Å². The van der Waals surface area contributed by atoms with Crippen LogP contribution in [0.5, 0.6) is 5.75 Å². The Morgan fingerprint density at radius 3 is 2.00 bits per heavy atom. The summed E-state index contributed by atoms with van der Waals surface area (Å²) in [4.78, 5) is 0. The van der Waals surface area contributed by atoms with Gasteiger partial charge in [0.2, 0.25) is 0 Å². The highest BCUT2D eigenvalue weighted by Crippen LogP contribution is 2.11. The van der Waals surface area contributed by atoms with E-state index >= 15 is 0 Å². The van der Waals surface area contributed by atoms with Gasteiger partial charge in [0.05, 0.1) is 32.5 Å². The number of ether oxygens (including phenoxy) is 2. The Kier molecular flexibility index (Phi) is 11.2. The zero-order valence-corrected chi connectivity index (χ0v) is 11.5. The summed E-state index contributed by atoms with van der Waals surface area (Å²) in [5.41, 5.74) is 0. The average Bonchev–Trinajstić information content (AvgIpc) is 2.46. The van der Waals surface area contributed by atoms with Crippen molar-refractivity contribution in [2.75, 3.05) is 26.4 Å². The molecule has 3 N–H and O–H groups in total. The topological polar surface area (TPSA) is 79.2 Å². The normalized spacial score (nSPS) is 13.1. The SMILES string of the molecule is CC(CO)OCC(C)Oc1ccccc1.OCCO. The lowest BCUT2D eigenvalue weighted by molar-refractivity contribution is -0.0110. The van der Waals surface area contributed by atoms with Crippen molar-refractivity contribution in [3.63, 3.8) is 0 Å². The number of para-hydroxylation sites is 1. The Bertz CT molecular complexity index is 289. The van der Waals surface area contributed by atoms with Gasteiger partial charge in [-0.1, -0.05) is 18.2 Å². The van der Waals surface area contributed by atoms with Gasteiger partial charge in [0.25, 0.3) is 0 Å². The van der Waals surface area contributed by atoms with E-state index in [0.29, 0.717) is 6.61 Å². The zero-order valence-electron chi connectivity index (χ0n) is 11.5. The molecule has 0 bridgehead atoms. The van der Waals surface area contributed by atoms with Gasteiger partial charge in [-0.05, 0) is 26.0 Å². The van der Waals surface area contributed by atoms with E-state index < -0.39 is 0 Å². The van der Waals surface area contributed by atoms with E-state index in [1.165, 1.54) is 0 Å².